The minimum Gasteiger partial charge on any atom is -0.492 e. The maximum Gasteiger partial charge on any atom is 0.313 e. The number of aryl methyl sites for hydroxylation is 2. The number of amides is 2. The summed E-state index contributed by atoms with van der Waals surface area (Å²) in [7, 11) is 0. The van der Waals surface area contributed by atoms with Gasteiger partial charge in [0, 0.05) is 17.6 Å². The third-order valence-corrected chi connectivity index (χ3v) is 4.31. The van der Waals surface area contributed by atoms with Crippen molar-refractivity contribution in [2.24, 2.45) is 0 Å². The Morgan fingerprint density at radius 3 is 2.54 bits per heavy atom. The minimum absolute atomic E-state index is 0.132. The molecule has 0 bridgehead atoms. The zero-order valence-electron chi connectivity index (χ0n) is 15.4. The molecule has 0 aliphatic heterocycles. The van der Waals surface area contributed by atoms with Gasteiger partial charge in [0.2, 0.25) is 0 Å². The van der Waals surface area contributed by atoms with Crippen LogP contribution in [-0.2, 0) is 9.59 Å². The van der Waals surface area contributed by atoms with Crippen LogP contribution in [0, 0.1) is 25.5 Å². The van der Waals surface area contributed by atoms with Gasteiger partial charge in [-0.25, -0.2) is 8.78 Å². The predicted molar refractivity (Wildman–Crippen MR) is 101 cm³/mol. The number of carbonyl (C=O) groups excluding carboxylic acids is 2. The maximum atomic E-state index is 13.4. The van der Waals surface area contributed by atoms with Crippen molar-refractivity contribution in [1.82, 2.24) is 10.3 Å². The summed E-state index contributed by atoms with van der Waals surface area (Å²) < 4.78 is 32.2. The lowest BCUT2D eigenvalue weighted by atomic mass is 10.1. The second kappa shape index (κ2) is 8.08. The van der Waals surface area contributed by atoms with Crippen LogP contribution in [0.2, 0.25) is 0 Å². The van der Waals surface area contributed by atoms with E-state index in [1.165, 1.54) is 6.20 Å². The van der Waals surface area contributed by atoms with E-state index in [2.05, 4.69) is 15.6 Å². The zero-order chi connectivity index (χ0) is 20.3. The average molecular weight is 387 g/mol. The second-order valence-corrected chi connectivity index (χ2v) is 6.32. The molecule has 0 aliphatic rings. The number of halogens is 2. The second-order valence-electron chi connectivity index (χ2n) is 6.32. The Bertz CT molecular complexity index is 1050. The largest absolute Gasteiger partial charge is 0.492 e. The molecule has 6 nitrogen and oxygen atoms in total. The normalized spacial score (nSPS) is 10.7. The lowest BCUT2D eigenvalue weighted by Crippen LogP contribution is -2.37. The highest BCUT2D eigenvalue weighted by molar-refractivity contribution is 6.40. The molecule has 8 heteroatoms. The summed E-state index contributed by atoms with van der Waals surface area (Å²) in [6, 6.07) is 7.59. The molecule has 28 heavy (non-hydrogen) atoms. The quantitative estimate of drug-likeness (QED) is 0.464. The van der Waals surface area contributed by atoms with Gasteiger partial charge >= 0.3 is 11.8 Å². The number of aromatic amines is 1. The molecule has 1 heterocycles. The number of anilines is 1. The molecule has 0 saturated carbocycles. The number of hydrogen-bond acceptors (Lipinski definition) is 3. The van der Waals surface area contributed by atoms with Crippen LogP contribution in [0.25, 0.3) is 10.9 Å². The van der Waals surface area contributed by atoms with Gasteiger partial charge in [0.25, 0.3) is 0 Å². The molecule has 0 aliphatic carbocycles. The highest BCUT2D eigenvalue weighted by Gasteiger charge is 2.16. The van der Waals surface area contributed by atoms with E-state index in [1.54, 1.807) is 0 Å². The highest BCUT2D eigenvalue weighted by atomic mass is 19.2. The van der Waals surface area contributed by atoms with Gasteiger partial charge in [-0.15, -0.1) is 0 Å². The van der Waals surface area contributed by atoms with Gasteiger partial charge < -0.3 is 20.4 Å². The van der Waals surface area contributed by atoms with Gasteiger partial charge in [-0.1, -0.05) is 6.07 Å². The van der Waals surface area contributed by atoms with Crippen LogP contribution in [0.15, 0.2) is 36.5 Å². The van der Waals surface area contributed by atoms with E-state index in [1.807, 2.05) is 32.0 Å². The first kappa shape index (κ1) is 19.3. The Balaban J connectivity index is 1.51. The molecular weight excluding hydrogens is 368 g/mol. The highest BCUT2D eigenvalue weighted by Crippen LogP contribution is 2.25. The number of fused-ring (bicyclic) bond motifs is 1. The minimum atomic E-state index is -1.05. The van der Waals surface area contributed by atoms with Crippen molar-refractivity contribution in [1.29, 1.82) is 0 Å². The molecular formula is C20H19F2N3O3. The van der Waals surface area contributed by atoms with Crippen LogP contribution >= 0.6 is 0 Å². The third kappa shape index (κ3) is 4.28. The molecule has 3 rings (SSSR count). The predicted octanol–water partition coefficient (Wildman–Crippen LogP) is 3.20. The van der Waals surface area contributed by atoms with Crippen LogP contribution in [-0.4, -0.2) is 29.9 Å². The first-order chi connectivity index (χ1) is 13.3. The fraction of sp³-hybridized carbons (Fsp3) is 0.200. The Kier molecular flexibility index (Phi) is 5.58. The number of H-pyrrole nitrogens is 1. The van der Waals surface area contributed by atoms with Crippen molar-refractivity contribution in [3.8, 4) is 5.75 Å². The van der Waals surface area contributed by atoms with E-state index in [4.69, 9.17) is 4.74 Å². The first-order valence-corrected chi connectivity index (χ1v) is 8.60. The molecule has 0 atom stereocenters. The van der Waals surface area contributed by atoms with Crippen molar-refractivity contribution in [3.63, 3.8) is 0 Å². The first-order valence-electron chi connectivity index (χ1n) is 8.60. The van der Waals surface area contributed by atoms with E-state index in [0.29, 0.717) is 11.3 Å². The van der Waals surface area contributed by atoms with E-state index < -0.39 is 23.4 Å². The van der Waals surface area contributed by atoms with Crippen LogP contribution in [0.3, 0.4) is 0 Å². The standard InChI is InChI=1S/C20H19F2N3O3/c1-11-3-4-13(7-12(11)2)28-6-5-23-19(26)20(27)25-18-10-24-17-9-16(22)15(21)8-14(17)18/h3-4,7-10,24H,5-6H2,1-2H3,(H,23,26)(H,25,27). The van der Waals surface area contributed by atoms with Crippen LogP contribution in [0.5, 0.6) is 5.75 Å². The van der Waals surface area contributed by atoms with Crippen molar-refractivity contribution in [3.05, 3.63) is 59.3 Å². The average Bonchev–Trinajstić information content (AvgIpc) is 3.03. The van der Waals surface area contributed by atoms with E-state index in [9.17, 15) is 18.4 Å². The summed E-state index contributed by atoms with van der Waals surface area (Å²) >= 11 is 0. The van der Waals surface area contributed by atoms with Gasteiger partial charge in [-0.3, -0.25) is 9.59 Å². The zero-order valence-corrected chi connectivity index (χ0v) is 15.4. The molecule has 2 aromatic carbocycles. The van der Waals surface area contributed by atoms with Gasteiger partial charge in [0.15, 0.2) is 11.6 Å². The monoisotopic (exact) mass is 387 g/mol. The van der Waals surface area contributed by atoms with Crippen molar-refractivity contribution >= 4 is 28.4 Å². The fourth-order valence-corrected chi connectivity index (χ4v) is 2.62. The van der Waals surface area contributed by atoms with Gasteiger partial charge in [-0.05, 0) is 43.2 Å². The van der Waals surface area contributed by atoms with Crippen molar-refractivity contribution < 1.29 is 23.1 Å². The number of benzene rings is 2. The fourth-order valence-electron chi connectivity index (χ4n) is 2.62. The summed E-state index contributed by atoms with van der Waals surface area (Å²) in [5, 5.41) is 5.07. The Morgan fingerprint density at radius 1 is 1.04 bits per heavy atom. The molecule has 0 unspecified atom stereocenters. The number of ether oxygens (including phenoxy) is 1. The lowest BCUT2D eigenvalue weighted by molar-refractivity contribution is -0.136. The molecule has 0 radical (unpaired) electrons. The van der Waals surface area contributed by atoms with E-state index in [0.717, 1.165) is 23.3 Å². The van der Waals surface area contributed by atoms with Crippen molar-refractivity contribution in [2.45, 2.75) is 13.8 Å². The van der Waals surface area contributed by atoms with Crippen molar-refractivity contribution in [2.75, 3.05) is 18.5 Å². The van der Waals surface area contributed by atoms with E-state index in [-0.39, 0.29) is 24.2 Å². The van der Waals surface area contributed by atoms with Crippen LogP contribution in [0.4, 0.5) is 14.5 Å². The summed E-state index contributed by atoms with van der Waals surface area (Å²) in [6.07, 6.45) is 1.36. The molecule has 3 aromatic rings. The Labute approximate surface area is 159 Å². The van der Waals surface area contributed by atoms with Crippen LogP contribution < -0.4 is 15.4 Å². The van der Waals surface area contributed by atoms with Crippen LogP contribution in [0.1, 0.15) is 11.1 Å². The number of aromatic nitrogens is 1. The number of nitrogens with one attached hydrogen (secondary N) is 3. The van der Waals surface area contributed by atoms with Gasteiger partial charge in [-0.2, -0.15) is 0 Å². The molecule has 1 aromatic heterocycles. The summed E-state index contributed by atoms with van der Waals surface area (Å²) in [5.41, 5.74) is 2.73. The van der Waals surface area contributed by atoms with Gasteiger partial charge in [0.1, 0.15) is 12.4 Å². The molecule has 146 valence electrons. The molecule has 0 spiro atoms. The Hall–Kier alpha value is -3.42. The smallest absolute Gasteiger partial charge is 0.313 e. The molecule has 0 fully saturated rings. The maximum absolute atomic E-state index is 13.4. The van der Waals surface area contributed by atoms with Gasteiger partial charge in [0.05, 0.1) is 17.7 Å². The summed E-state index contributed by atoms with van der Waals surface area (Å²) in [4.78, 5) is 26.6. The summed E-state index contributed by atoms with van der Waals surface area (Å²) in [5.74, 6) is -3.16. The lowest BCUT2D eigenvalue weighted by Gasteiger charge is -2.09. The summed E-state index contributed by atoms with van der Waals surface area (Å²) in [6.45, 7) is 4.29. The third-order valence-electron chi connectivity index (χ3n) is 4.31. The Morgan fingerprint density at radius 2 is 1.79 bits per heavy atom. The topological polar surface area (TPSA) is 83.2 Å². The molecule has 3 N–H and O–H groups in total. The molecule has 2 amide bonds. The SMILES string of the molecule is Cc1ccc(OCCNC(=O)C(=O)Nc2c[nH]c3cc(F)c(F)cc23)cc1C. The number of rotatable bonds is 5. The van der Waals surface area contributed by atoms with E-state index >= 15 is 0 Å². The molecule has 0 saturated heterocycles. The number of hydrogen-bond donors (Lipinski definition) is 3. The number of carbonyl (C=O) groups is 2.